The molecule has 4 heteroatoms. The fourth-order valence-corrected chi connectivity index (χ4v) is 1.79. The van der Waals surface area contributed by atoms with E-state index in [1.807, 2.05) is 38.1 Å². The van der Waals surface area contributed by atoms with E-state index >= 15 is 0 Å². The van der Waals surface area contributed by atoms with Crippen LogP contribution in [-0.2, 0) is 0 Å². The van der Waals surface area contributed by atoms with Crippen molar-refractivity contribution in [3.63, 3.8) is 0 Å². The summed E-state index contributed by atoms with van der Waals surface area (Å²) in [5.41, 5.74) is 1.77. The highest BCUT2D eigenvalue weighted by Crippen LogP contribution is 2.11. The van der Waals surface area contributed by atoms with Crippen LogP contribution >= 0.6 is 0 Å². The van der Waals surface area contributed by atoms with Crippen molar-refractivity contribution < 1.29 is 14.5 Å². The van der Waals surface area contributed by atoms with Crippen LogP contribution in [0.4, 0.5) is 0 Å². The highest BCUT2D eigenvalue weighted by molar-refractivity contribution is 5.85. The third-order valence-corrected chi connectivity index (χ3v) is 2.38. The molecule has 1 aromatic carbocycles. The van der Waals surface area contributed by atoms with Gasteiger partial charge in [0.1, 0.15) is 0 Å². The van der Waals surface area contributed by atoms with Gasteiger partial charge in [-0.2, -0.15) is 0 Å². The maximum absolute atomic E-state index is 11.0. The fraction of sp³-hybridized carbons (Fsp3) is 0.273. The number of fused-ring (bicyclic) bond motifs is 1. The van der Waals surface area contributed by atoms with Crippen molar-refractivity contribution in [1.82, 2.24) is 4.98 Å². The van der Waals surface area contributed by atoms with Crippen molar-refractivity contribution in [1.29, 1.82) is 0 Å². The molecule has 2 aromatic rings. The number of H-pyrrole nitrogens is 1. The molecule has 1 heterocycles. The zero-order valence-corrected chi connectivity index (χ0v) is 8.69. The Bertz CT molecular complexity index is 514. The van der Waals surface area contributed by atoms with Crippen molar-refractivity contribution >= 4 is 17.0 Å². The summed E-state index contributed by atoms with van der Waals surface area (Å²) < 4.78 is 1.79. The Labute approximate surface area is 87.2 Å². The van der Waals surface area contributed by atoms with Crippen LogP contribution in [0.1, 0.15) is 30.5 Å². The summed E-state index contributed by atoms with van der Waals surface area (Å²) in [6.45, 7) is 3.93. The van der Waals surface area contributed by atoms with Crippen molar-refractivity contribution in [2.75, 3.05) is 0 Å². The average Bonchev–Trinajstić information content (AvgIpc) is 2.56. The zero-order chi connectivity index (χ0) is 11.0. The van der Waals surface area contributed by atoms with E-state index in [4.69, 9.17) is 5.11 Å². The molecule has 0 saturated heterocycles. The number of para-hydroxylation sites is 2. The second kappa shape index (κ2) is 3.38. The summed E-state index contributed by atoms with van der Waals surface area (Å²) >= 11 is 0. The van der Waals surface area contributed by atoms with Gasteiger partial charge in [-0.05, 0) is 26.0 Å². The van der Waals surface area contributed by atoms with Crippen LogP contribution in [-0.4, -0.2) is 16.1 Å². The molecule has 2 rings (SSSR count). The largest absolute Gasteiger partial charge is 0.472 e. The molecule has 0 unspecified atom stereocenters. The summed E-state index contributed by atoms with van der Waals surface area (Å²) in [4.78, 5) is 14.0. The number of benzene rings is 1. The lowest BCUT2D eigenvalue weighted by molar-refractivity contribution is -0.693. The SMILES string of the molecule is CC(C)[n+]1c(C(=O)O)[nH]c2ccccc21. The molecule has 0 aliphatic rings. The minimum atomic E-state index is -0.931. The van der Waals surface area contributed by atoms with E-state index in [0.717, 1.165) is 11.0 Å². The third kappa shape index (κ3) is 1.48. The first kappa shape index (κ1) is 9.71. The number of imidazole rings is 1. The van der Waals surface area contributed by atoms with E-state index in [1.165, 1.54) is 0 Å². The van der Waals surface area contributed by atoms with Gasteiger partial charge in [-0.3, -0.25) is 0 Å². The average molecular weight is 205 g/mol. The minimum Gasteiger partial charge on any atom is -0.472 e. The van der Waals surface area contributed by atoms with Gasteiger partial charge in [0.05, 0.1) is 6.04 Å². The molecule has 0 atom stereocenters. The van der Waals surface area contributed by atoms with Crippen molar-refractivity contribution in [2.24, 2.45) is 0 Å². The van der Waals surface area contributed by atoms with Gasteiger partial charge >= 0.3 is 11.8 Å². The Morgan fingerprint density at radius 3 is 2.67 bits per heavy atom. The molecule has 0 radical (unpaired) electrons. The van der Waals surface area contributed by atoms with E-state index in [-0.39, 0.29) is 11.9 Å². The number of carboxylic acids is 1. The number of aromatic nitrogens is 2. The van der Waals surface area contributed by atoms with Gasteiger partial charge in [-0.1, -0.05) is 12.1 Å². The predicted octanol–water partition coefficient (Wildman–Crippen LogP) is 1.73. The van der Waals surface area contributed by atoms with Crippen molar-refractivity contribution in [3.05, 3.63) is 30.1 Å². The lowest BCUT2D eigenvalue weighted by Gasteiger charge is -2.02. The lowest BCUT2D eigenvalue weighted by Crippen LogP contribution is -2.41. The summed E-state index contributed by atoms with van der Waals surface area (Å²) in [5, 5.41) is 9.06. The first-order chi connectivity index (χ1) is 7.11. The molecule has 2 N–H and O–H groups in total. The Kier molecular flexibility index (Phi) is 2.19. The van der Waals surface area contributed by atoms with Gasteiger partial charge < -0.3 is 5.11 Å². The zero-order valence-electron chi connectivity index (χ0n) is 8.69. The van der Waals surface area contributed by atoms with E-state index in [9.17, 15) is 4.79 Å². The Morgan fingerprint density at radius 1 is 1.40 bits per heavy atom. The number of aromatic carboxylic acids is 1. The van der Waals surface area contributed by atoms with E-state index in [1.54, 1.807) is 4.57 Å². The van der Waals surface area contributed by atoms with Crippen LogP contribution < -0.4 is 4.57 Å². The standard InChI is InChI=1S/C11H12N2O2/c1-7(2)13-9-6-4-3-5-8(9)12-10(13)11(14)15/h3-7H,1-2H3,(H,14,15)/p+1. The molecular weight excluding hydrogens is 192 g/mol. The van der Waals surface area contributed by atoms with Crippen LogP contribution in [0.15, 0.2) is 24.3 Å². The summed E-state index contributed by atoms with van der Waals surface area (Å²) in [6.07, 6.45) is 0. The maximum atomic E-state index is 11.0. The number of aromatic amines is 1. The number of nitrogens with one attached hydrogen (secondary N) is 1. The highest BCUT2D eigenvalue weighted by Gasteiger charge is 2.25. The summed E-state index contributed by atoms with van der Waals surface area (Å²) in [6, 6.07) is 7.70. The topological polar surface area (TPSA) is 57.0 Å². The summed E-state index contributed by atoms with van der Waals surface area (Å²) in [5.74, 6) is -0.703. The molecule has 0 aliphatic carbocycles. The molecule has 0 saturated carbocycles. The molecule has 78 valence electrons. The van der Waals surface area contributed by atoms with Crippen molar-refractivity contribution in [3.8, 4) is 0 Å². The first-order valence-electron chi connectivity index (χ1n) is 4.87. The van der Waals surface area contributed by atoms with Gasteiger partial charge in [-0.25, -0.2) is 14.3 Å². The minimum absolute atomic E-state index is 0.118. The Hall–Kier alpha value is -1.84. The molecule has 0 bridgehead atoms. The molecule has 4 nitrogen and oxygen atoms in total. The van der Waals surface area contributed by atoms with Crippen LogP contribution in [0.2, 0.25) is 0 Å². The third-order valence-electron chi connectivity index (χ3n) is 2.38. The molecule has 0 fully saturated rings. The van der Waals surface area contributed by atoms with Gasteiger partial charge in [0, 0.05) is 0 Å². The molecule has 1 aromatic heterocycles. The number of carbonyl (C=O) groups is 1. The monoisotopic (exact) mass is 205 g/mol. The molecule has 0 amide bonds. The number of nitrogens with zero attached hydrogens (tertiary/aromatic N) is 1. The first-order valence-corrected chi connectivity index (χ1v) is 4.87. The van der Waals surface area contributed by atoms with Crippen LogP contribution in [0.3, 0.4) is 0 Å². The number of hydrogen-bond donors (Lipinski definition) is 2. The summed E-state index contributed by atoms with van der Waals surface area (Å²) in [7, 11) is 0. The molecule has 0 spiro atoms. The molecular formula is C11H13N2O2+. The van der Waals surface area contributed by atoms with Gasteiger partial charge in [-0.15, -0.1) is 0 Å². The number of carboxylic acid groups (broad SMARTS) is 1. The smallest absolute Gasteiger partial charge is 0.419 e. The van der Waals surface area contributed by atoms with Crippen LogP contribution in [0, 0.1) is 0 Å². The van der Waals surface area contributed by atoms with E-state index in [2.05, 4.69) is 4.98 Å². The van der Waals surface area contributed by atoms with E-state index < -0.39 is 5.97 Å². The Balaban J connectivity index is 2.80. The normalized spacial score (nSPS) is 11.1. The van der Waals surface area contributed by atoms with Gasteiger partial charge in [0.2, 0.25) is 0 Å². The molecule has 15 heavy (non-hydrogen) atoms. The van der Waals surface area contributed by atoms with Gasteiger partial charge in [0.15, 0.2) is 11.0 Å². The van der Waals surface area contributed by atoms with Crippen molar-refractivity contribution in [2.45, 2.75) is 19.9 Å². The van der Waals surface area contributed by atoms with Crippen LogP contribution in [0.25, 0.3) is 11.0 Å². The maximum Gasteiger partial charge on any atom is 0.419 e. The quantitative estimate of drug-likeness (QED) is 0.733. The molecule has 0 aliphatic heterocycles. The Morgan fingerprint density at radius 2 is 2.07 bits per heavy atom. The second-order valence-electron chi connectivity index (χ2n) is 3.76. The fourth-order valence-electron chi connectivity index (χ4n) is 1.79. The number of rotatable bonds is 2. The van der Waals surface area contributed by atoms with Gasteiger partial charge in [0.25, 0.3) is 0 Å². The number of hydrogen-bond acceptors (Lipinski definition) is 1. The second-order valence-corrected chi connectivity index (χ2v) is 3.76. The van der Waals surface area contributed by atoms with E-state index in [0.29, 0.717) is 0 Å². The lowest BCUT2D eigenvalue weighted by atomic mass is 10.3. The predicted molar refractivity (Wildman–Crippen MR) is 55.8 cm³/mol. The van der Waals surface area contributed by atoms with Crippen LogP contribution in [0.5, 0.6) is 0 Å². The highest BCUT2D eigenvalue weighted by atomic mass is 16.4.